The minimum Gasteiger partial charge on any atom is -0.369 e. The lowest BCUT2D eigenvalue weighted by molar-refractivity contribution is -0.162. The third kappa shape index (κ3) is 1.72. The Kier molecular flexibility index (Phi) is 2.59. The summed E-state index contributed by atoms with van der Waals surface area (Å²) in [6.45, 7) is -0.312. The molecule has 4 bridgehead atoms. The first-order valence-electron chi connectivity index (χ1n) is 7.93. The summed E-state index contributed by atoms with van der Waals surface area (Å²) >= 11 is 0. The van der Waals surface area contributed by atoms with Crippen LogP contribution in [-0.2, 0) is 10.2 Å². The lowest BCUT2D eigenvalue weighted by atomic mass is 9.38. The molecule has 4 aliphatic rings. The van der Waals surface area contributed by atoms with Gasteiger partial charge in [-0.25, -0.2) is 0 Å². The minimum atomic E-state index is -0.471. The first-order chi connectivity index (χ1) is 10.0. The van der Waals surface area contributed by atoms with E-state index in [0.29, 0.717) is 12.3 Å². The quantitative estimate of drug-likeness (QED) is 0.910. The zero-order valence-electron chi connectivity index (χ0n) is 12.3. The Morgan fingerprint density at radius 1 is 1.14 bits per heavy atom. The Hall–Kier alpha value is -1.38. The predicted molar refractivity (Wildman–Crippen MR) is 79.3 cm³/mol. The predicted octanol–water partition coefficient (Wildman–Crippen LogP) is 3.35. The molecular formula is C18H22FNO. The number of benzene rings is 1. The van der Waals surface area contributed by atoms with Gasteiger partial charge in [0.25, 0.3) is 0 Å². The maximum atomic E-state index is 13.9. The van der Waals surface area contributed by atoms with Gasteiger partial charge in [-0.15, -0.1) is 0 Å². The molecule has 0 aromatic heterocycles. The Bertz CT molecular complexity index is 588. The number of carbonyl (C=O) groups excluding carboxylic acids is 1. The smallest absolute Gasteiger partial charge is 0.223 e. The molecule has 0 spiro atoms. The van der Waals surface area contributed by atoms with Gasteiger partial charge in [-0.05, 0) is 55.4 Å². The van der Waals surface area contributed by atoms with Gasteiger partial charge in [0.05, 0.1) is 12.1 Å². The highest BCUT2D eigenvalue weighted by molar-refractivity contribution is 5.82. The minimum absolute atomic E-state index is 0.0399. The summed E-state index contributed by atoms with van der Waals surface area (Å²) in [7, 11) is 0. The molecule has 0 aliphatic heterocycles. The van der Waals surface area contributed by atoms with Crippen molar-refractivity contribution in [2.45, 2.75) is 43.9 Å². The number of primary amides is 1. The second kappa shape index (κ2) is 4.08. The van der Waals surface area contributed by atoms with Crippen molar-refractivity contribution in [1.82, 2.24) is 0 Å². The molecule has 4 saturated carbocycles. The van der Waals surface area contributed by atoms with Crippen LogP contribution < -0.4 is 5.73 Å². The molecule has 0 saturated heterocycles. The summed E-state index contributed by atoms with van der Waals surface area (Å²) in [4.78, 5) is 12.2. The molecule has 112 valence electrons. The van der Waals surface area contributed by atoms with E-state index in [2.05, 4.69) is 12.1 Å². The van der Waals surface area contributed by atoms with E-state index in [1.54, 1.807) is 0 Å². The van der Waals surface area contributed by atoms with Crippen LogP contribution in [0.4, 0.5) is 4.39 Å². The number of halogens is 1. The molecule has 1 aromatic rings. The lowest BCUT2D eigenvalue weighted by Gasteiger charge is -2.65. The molecule has 2 nitrogen and oxygen atoms in total. The average molecular weight is 287 g/mol. The number of rotatable bonds is 3. The second-order valence-corrected chi connectivity index (χ2v) is 7.93. The fourth-order valence-electron chi connectivity index (χ4n) is 6.18. The van der Waals surface area contributed by atoms with Gasteiger partial charge in [-0.3, -0.25) is 9.18 Å². The van der Waals surface area contributed by atoms with Gasteiger partial charge in [0.2, 0.25) is 5.91 Å². The molecule has 3 heteroatoms. The van der Waals surface area contributed by atoms with E-state index in [9.17, 15) is 9.18 Å². The molecule has 5 rings (SSSR count). The van der Waals surface area contributed by atoms with Crippen LogP contribution >= 0.6 is 0 Å². The van der Waals surface area contributed by atoms with Gasteiger partial charge < -0.3 is 5.73 Å². The van der Waals surface area contributed by atoms with E-state index in [1.165, 1.54) is 5.56 Å². The molecule has 2 N–H and O–H groups in total. The van der Waals surface area contributed by atoms with Crippen LogP contribution in [0.25, 0.3) is 0 Å². The topological polar surface area (TPSA) is 43.1 Å². The van der Waals surface area contributed by atoms with Gasteiger partial charge in [-0.2, -0.15) is 0 Å². The molecule has 1 aromatic carbocycles. The van der Waals surface area contributed by atoms with Crippen LogP contribution in [0.2, 0.25) is 0 Å². The van der Waals surface area contributed by atoms with Crippen molar-refractivity contribution in [3.63, 3.8) is 0 Å². The van der Waals surface area contributed by atoms with Crippen molar-refractivity contribution < 1.29 is 9.18 Å². The fourth-order valence-corrected chi connectivity index (χ4v) is 6.18. The molecular weight excluding hydrogens is 265 g/mol. The van der Waals surface area contributed by atoms with Crippen LogP contribution in [-0.4, -0.2) is 12.6 Å². The Balaban J connectivity index is 1.85. The number of nitrogens with two attached hydrogens (primary N) is 1. The average Bonchev–Trinajstić information content (AvgIpc) is 2.47. The third-order valence-electron chi connectivity index (χ3n) is 6.38. The van der Waals surface area contributed by atoms with Crippen molar-refractivity contribution in [3.05, 3.63) is 35.9 Å². The van der Waals surface area contributed by atoms with Crippen molar-refractivity contribution in [2.24, 2.45) is 22.5 Å². The van der Waals surface area contributed by atoms with Gasteiger partial charge in [0.1, 0.15) is 0 Å². The molecule has 2 unspecified atom stereocenters. The monoisotopic (exact) mass is 287 g/mol. The summed E-state index contributed by atoms with van der Waals surface area (Å²) in [5.74, 6) is 0.245. The van der Waals surface area contributed by atoms with Crippen LogP contribution in [0.3, 0.4) is 0 Å². The highest BCUT2D eigenvalue weighted by Crippen LogP contribution is 2.70. The van der Waals surface area contributed by atoms with Crippen LogP contribution in [0.1, 0.15) is 44.1 Å². The van der Waals surface area contributed by atoms with Crippen molar-refractivity contribution in [2.75, 3.05) is 6.67 Å². The fraction of sp³-hybridized carbons (Fsp3) is 0.611. The van der Waals surface area contributed by atoms with Crippen LogP contribution in [0.15, 0.2) is 30.3 Å². The first-order valence-corrected chi connectivity index (χ1v) is 7.93. The van der Waals surface area contributed by atoms with E-state index in [1.807, 2.05) is 18.2 Å². The lowest BCUT2D eigenvalue weighted by Crippen LogP contribution is -2.62. The van der Waals surface area contributed by atoms with Gasteiger partial charge in [0, 0.05) is 5.41 Å². The number of hydrogen-bond donors (Lipinski definition) is 1. The number of alkyl halides is 1. The molecule has 0 radical (unpaired) electrons. The molecule has 0 heterocycles. The molecule has 21 heavy (non-hydrogen) atoms. The van der Waals surface area contributed by atoms with E-state index in [0.717, 1.165) is 32.1 Å². The standard InChI is InChI=1S/C18H22FNO/c19-12-16-6-13-7-17(9-16,14-4-2-1-3-5-14)11-18(8-13,10-16)15(20)21/h1-5,13H,6-12H2,(H2,20,21)/t13?,16-,17+,18?/m0/s1. The van der Waals surface area contributed by atoms with Gasteiger partial charge in [-0.1, -0.05) is 30.3 Å². The normalized spacial score (nSPS) is 44.0. The van der Waals surface area contributed by atoms with E-state index < -0.39 is 5.41 Å². The van der Waals surface area contributed by atoms with Crippen LogP contribution in [0.5, 0.6) is 0 Å². The Labute approximate surface area is 124 Å². The van der Waals surface area contributed by atoms with Crippen LogP contribution in [0, 0.1) is 16.7 Å². The summed E-state index contributed by atoms with van der Waals surface area (Å²) in [6.07, 6.45) is 5.26. The molecule has 4 atom stereocenters. The highest BCUT2D eigenvalue weighted by Gasteiger charge is 2.65. The van der Waals surface area contributed by atoms with E-state index in [-0.39, 0.29) is 23.4 Å². The first kappa shape index (κ1) is 13.3. The Morgan fingerprint density at radius 3 is 2.57 bits per heavy atom. The number of hydrogen-bond acceptors (Lipinski definition) is 1. The number of carbonyl (C=O) groups is 1. The highest BCUT2D eigenvalue weighted by atomic mass is 19.1. The SMILES string of the molecule is NC(=O)C12CC3C[C@@](CF)(C1)C[C@](c1ccccc1)(C3)C2. The third-order valence-corrected chi connectivity index (χ3v) is 6.38. The summed E-state index contributed by atoms with van der Waals surface area (Å²) in [5.41, 5.74) is 6.23. The Morgan fingerprint density at radius 2 is 1.90 bits per heavy atom. The summed E-state index contributed by atoms with van der Waals surface area (Å²) in [6, 6.07) is 10.4. The maximum Gasteiger partial charge on any atom is 0.223 e. The zero-order valence-corrected chi connectivity index (χ0v) is 12.3. The van der Waals surface area contributed by atoms with Crippen molar-refractivity contribution in [1.29, 1.82) is 0 Å². The van der Waals surface area contributed by atoms with E-state index >= 15 is 0 Å². The summed E-state index contributed by atoms with van der Waals surface area (Å²) in [5, 5.41) is 0. The van der Waals surface area contributed by atoms with E-state index in [4.69, 9.17) is 5.73 Å². The largest absolute Gasteiger partial charge is 0.369 e. The zero-order chi connectivity index (χ0) is 14.7. The second-order valence-electron chi connectivity index (χ2n) is 7.93. The van der Waals surface area contributed by atoms with Crippen molar-refractivity contribution in [3.8, 4) is 0 Å². The summed E-state index contributed by atoms with van der Waals surface area (Å²) < 4.78 is 13.9. The molecule has 4 aliphatic carbocycles. The van der Waals surface area contributed by atoms with Gasteiger partial charge >= 0.3 is 0 Å². The maximum absolute atomic E-state index is 13.9. The molecule has 1 amide bonds. The number of amides is 1. The van der Waals surface area contributed by atoms with Gasteiger partial charge in [0.15, 0.2) is 0 Å². The van der Waals surface area contributed by atoms with Crippen molar-refractivity contribution >= 4 is 5.91 Å². The molecule has 4 fully saturated rings.